The lowest BCUT2D eigenvalue weighted by atomic mass is 9.85. The molecule has 0 spiro atoms. The van der Waals surface area contributed by atoms with Gasteiger partial charge in [-0.15, -0.1) is 11.3 Å². The van der Waals surface area contributed by atoms with Gasteiger partial charge >= 0.3 is 6.18 Å². The van der Waals surface area contributed by atoms with Gasteiger partial charge in [0.25, 0.3) is 0 Å². The number of halogens is 3. The average Bonchev–Trinajstić information content (AvgIpc) is 4.34. The maximum atomic E-state index is 14.4. The zero-order valence-corrected chi connectivity index (χ0v) is 46.3. The van der Waals surface area contributed by atoms with Crippen molar-refractivity contribution in [1.82, 2.24) is 49.7 Å². The Morgan fingerprint density at radius 2 is 1.71 bits per heavy atom. The Hall–Kier alpha value is -7.46. The van der Waals surface area contributed by atoms with Gasteiger partial charge in [-0.1, -0.05) is 45.0 Å². The largest absolute Gasteiger partial charge is 0.491 e. The number of pyridine rings is 1. The van der Waals surface area contributed by atoms with Crippen molar-refractivity contribution in [2.45, 2.75) is 124 Å². The molecule has 418 valence electrons. The van der Waals surface area contributed by atoms with E-state index in [4.69, 9.17) is 9.72 Å². The molecule has 18 nitrogen and oxygen atoms in total. The third-order valence-corrected chi connectivity index (χ3v) is 16.0. The van der Waals surface area contributed by atoms with Gasteiger partial charge in [0.05, 0.1) is 58.7 Å². The summed E-state index contributed by atoms with van der Waals surface area (Å²) in [5.74, 6) is -1.93. The number of β-amino-alcohol motifs (C(OH)–C–C–N with tert-alkyl or cyclic N) is 1. The molecule has 3 aliphatic rings. The van der Waals surface area contributed by atoms with Crippen LogP contribution in [0.4, 0.5) is 19.0 Å². The molecule has 0 radical (unpaired) electrons. The highest BCUT2D eigenvalue weighted by Crippen LogP contribution is 2.44. The molecular formula is C57H66F3N11O7S. The minimum Gasteiger partial charge on any atom is -0.491 e. The first kappa shape index (κ1) is 56.3. The molecule has 0 unspecified atom stereocenters. The second-order valence-corrected chi connectivity index (χ2v) is 22.9. The fraction of sp³-hybridized carbons (Fsp3) is 0.456. The van der Waals surface area contributed by atoms with E-state index in [1.807, 2.05) is 62.1 Å². The number of carbonyl (C=O) groups is 5. The number of ketones is 1. The van der Waals surface area contributed by atoms with Gasteiger partial charge in [0.2, 0.25) is 23.6 Å². The number of ether oxygens (including phenoxy) is 1. The molecule has 79 heavy (non-hydrogen) atoms. The molecule has 2 fully saturated rings. The predicted octanol–water partition coefficient (Wildman–Crippen LogP) is 7.20. The fourth-order valence-electron chi connectivity index (χ4n) is 10.5. The van der Waals surface area contributed by atoms with Gasteiger partial charge in [0, 0.05) is 101 Å². The first-order valence-corrected chi connectivity index (χ1v) is 27.3. The molecule has 2 saturated heterocycles. The van der Waals surface area contributed by atoms with Gasteiger partial charge in [-0.2, -0.15) is 18.3 Å². The van der Waals surface area contributed by atoms with Gasteiger partial charge in [-0.3, -0.25) is 28.7 Å². The summed E-state index contributed by atoms with van der Waals surface area (Å²) in [7, 11) is 1.68. The van der Waals surface area contributed by atoms with Crippen LogP contribution in [0.2, 0.25) is 0 Å². The summed E-state index contributed by atoms with van der Waals surface area (Å²) in [6.45, 7) is 14.0. The average molecular weight is 1110 g/mol. The van der Waals surface area contributed by atoms with E-state index in [2.05, 4.69) is 25.7 Å². The number of Topliss-reactive ketones (excluding diaryl/α,β-unsaturated/α-hetero) is 1. The van der Waals surface area contributed by atoms with Crippen molar-refractivity contribution >= 4 is 46.6 Å². The number of hydrogen-bond donors (Lipinski definition) is 3. The summed E-state index contributed by atoms with van der Waals surface area (Å²) < 4.78 is 52.4. The highest BCUT2D eigenvalue weighted by molar-refractivity contribution is 7.13. The zero-order chi connectivity index (χ0) is 56.7. The number of benzene rings is 2. The van der Waals surface area contributed by atoms with E-state index in [0.29, 0.717) is 30.2 Å². The third kappa shape index (κ3) is 12.4. The van der Waals surface area contributed by atoms with E-state index in [1.165, 1.54) is 15.8 Å². The van der Waals surface area contributed by atoms with Crippen molar-refractivity contribution in [3.63, 3.8) is 0 Å². The Balaban J connectivity index is 0.793. The number of aliphatic hydroxyl groups is 1. The van der Waals surface area contributed by atoms with Crippen LogP contribution < -0.4 is 20.3 Å². The van der Waals surface area contributed by atoms with Crippen LogP contribution >= 0.6 is 11.3 Å². The van der Waals surface area contributed by atoms with Crippen LogP contribution in [0.25, 0.3) is 21.6 Å². The number of carbonyl (C=O) groups excluding carboxylic acids is 5. The number of thiazole rings is 1. The second kappa shape index (κ2) is 22.7. The van der Waals surface area contributed by atoms with Crippen LogP contribution in [-0.4, -0.2) is 131 Å². The lowest BCUT2D eigenvalue weighted by Gasteiger charge is -2.45. The molecule has 0 bridgehead atoms. The van der Waals surface area contributed by atoms with E-state index in [9.17, 15) is 42.3 Å². The minimum atomic E-state index is -4.76. The number of anilines is 1. The smallest absolute Gasteiger partial charge is 0.435 e. The summed E-state index contributed by atoms with van der Waals surface area (Å²) >= 11 is 1.55. The molecule has 3 aliphatic heterocycles. The molecular weight excluding hydrogens is 1040 g/mol. The third-order valence-electron chi connectivity index (χ3n) is 15.0. The molecule has 22 heteroatoms. The number of likely N-dealkylation sites (tertiary alicyclic amines) is 1. The number of likely N-dealkylation sites (N-methyl/N-ethyl adjacent to an activating group) is 1. The summed E-state index contributed by atoms with van der Waals surface area (Å²) in [6.07, 6.45) is 0.475. The number of imidazole rings is 1. The number of rotatable bonds is 17. The Labute approximate surface area is 460 Å². The Kier molecular flexibility index (Phi) is 16.2. The number of nitrogens with one attached hydrogen (secondary N) is 2. The summed E-state index contributed by atoms with van der Waals surface area (Å²) in [5, 5.41) is 20.4. The lowest BCUT2D eigenvalue weighted by Crippen LogP contribution is -2.60. The van der Waals surface area contributed by atoms with Crippen LogP contribution in [0.1, 0.15) is 104 Å². The molecule has 5 atom stereocenters. The SMILES string of the molecule is CCn1cc(-c2cc(Cn3ccnc3)cc3c2OC[C@@H](Cc2cc(C)cc(N4CC(N(C)C(=O)CCC(=O)N[C@H](C(=O)N5C[C@H](O)C[C@H]5C(=O)N[C@@H](C)c5ccc(-c6scnc6C)cc5)C(C)(C)C)C4)n2)C3=O)c(C(F)(F)F)n1. The highest BCUT2D eigenvalue weighted by Gasteiger charge is 2.45. The number of nitrogens with zero attached hydrogens (tertiary/aromatic N) is 9. The van der Waals surface area contributed by atoms with Crippen molar-refractivity contribution < 1.29 is 47.0 Å². The Morgan fingerprint density at radius 1 is 0.975 bits per heavy atom. The number of amides is 4. The van der Waals surface area contributed by atoms with Crippen LogP contribution in [0.3, 0.4) is 0 Å². The second-order valence-electron chi connectivity index (χ2n) is 22.0. The number of hydrogen-bond acceptors (Lipinski definition) is 13. The van der Waals surface area contributed by atoms with E-state index in [-0.39, 0.29) is 92.1 Å². The molecule has 4 amide bonds. The zero-order valence-electron chi connectivity index (χ0n) is 45.5. The van der Waals surface area contributed by atoms with Crippen LogP contribution in [0, 0.1) is 25.2 Å². The molecule has 6 aromatic rings. The monoisotopic (exact) mass is 1110 g/mol. The van der Waals surface area contributed by atoms with Crippen molar-refractivity contribution in [2.75, 3.05) is 38.2 Å². The van der Waals surface area contributed by atoms with Crippen LogP contribution in [0.5, 0.6) is 5.75 Å². The van der Waals surface area contributed by atoms with Crippen molar-refractivity contribution in [3.8, 4) is 27.3 Å². The summed E-state index contributed by atoms with van der Waals surface area (Å²) in [4.78, 5) is 88.9. The molecule has 2 aromatic carbocycles. The number of alkyl halides is 3. The van der Waals surface area contributed by atoms with Crippen molar-refractivity contribution in [2.24, 2.45) is 11.3 Å². The number of aromatic nitrogens is 6. The molecule has 7 heterocycles. The van der Waals surface area contributed by atoms with Crippen molar-refractivity contribution in [3.05, 3.63) is 118 Å². The van der Waals surface area contributed by atoms with E-state index in [0.717, 1.165) is 27.3 Å². The van der Waals surface area contributed by atoms with E-state index in [1.54, 1.807) is 91.9 Å². The van der Waals surface area contributed by atoms with E-state index >= 15 is 0 Å². The predicted molar refractivity (Wildman–Crippen MR) is 290 cm³/mol. The normalized spacial score (nSPS) is 18.4. The first-order valence-electron chi connectivity index (χ1n) is 26.5. The van der Waals surface area contributed by atoms with Gasteiger partial charge in [-0.25, -0.2) is 15.0 Å². The Morgan fingerprint density at radius 3 is 2.37 bits per heavy atom. The maximum absolute atomic E-state index is 14.4. The quantitative estimate of drug-likeness (QED) is 0.0829. The number of fused-ring (bicyclic) bond motifs is 1. The molecule has 0 saturated carbocycles. The van der Waals surface area contributed by atoms with Gasteiger partial charge < -0.3 is 39.7 Å². The van der Waals surface area contributed by atoms with E-state index < -0.39 is 65.2 Å². The fourth-order valence-corrected chi connectivity index (χ4v) is 11.3. The van der Waals surface area contributed by atoms with Gasteiger partial charge in [-0.05, 0) is 79.6 Å². The Bertz CT molecular complexity index is 3240. The highest BCUT2D eigenvalue weighted by atomic mass is 32.1. The first-order chi connectivity index (χ1) is 37.4. The maximum Gasteiger partial charge on any atom is 0.435 e. The number of aryl methyl sites for hydroxylation is 3. The van der Waals surface area contributed by atoms with Gasteiger partial charge in [0.15, 0.2) is 11.5 Å². The van der Waals surface area contributed by atoms with Crippen molar-refractivity contribution in [1.29, 1.82) is 0 Å². The van der Waals surface area contributed by atoms with Crippen LogP contribution in [-0.2, 0) is 44.9 Å². The molecule has 0 aliphatic carbocycles. The molecule has 3 N–H and O–H groups in total. The minimum absolute atomic E-state index is 0.0399. The standard InChI is InChI=1S/C57H66F3N11O7S/c1-9-70-28-44(52(66-70)57(58,59)60)42-20-35(24-68-17-16-61-30-68)21-43-49(75)38(29-78-50(42)43)22-39-18-32(2)19-46(64-39)69-25-40(26-69)67(8)48(74)15-14-47(73)65-53(56(5,6)7)55(77)71-27-41(72)23-45(71)54(76)63-33(3)36-10-12-37(13-11-36)51-34(4)62-31-79-51/h10-13,16-21,28,30-31,33,38,40-41,45,53,72H,9,14-15,22-27,29H2,1-8H3,(H,63,76)(H,65,73)/t33-,38+,41+,45-,53+/m0/s1. The summed E-state index contributed by atoms with van der Waals surface area (Å²) in [5.41, 5.74) is 5.00. The topological polar surface area (TPSA) is 210 Å². The lowest BCUT2D eigenvalue weighted by molar-refractivity contribution is -0.144. The molecule has 9 rings (SSSR count). The summed E-state index contributed by atoms with van der Waals surface area (Å²) in [6, 6.07) is 12.3. The molecule has 4 aromatic heterocycles. The van der Waals surface area contributed by atoms with Gasteiger partial charge in [0.1, 0.15) is 23.7 Å². The number of aliphatic hydroxyl groups excluding tert-OH is 1. The van der Waals surface area contributed by atoms with Crippen LogP contribution in [0.15, 0.2) is 79.0 Å².